The fraction of sp³-hybridized carbons (Fsp3) is 0.520. The molecule has 3 heterocycles. The van der Waals surface area contributed by atoms with E-state index in [0.29, 0.717) is 6.04 Å². The number of anilines is 2. The van der Waals surface area contributed by atoms with Crippen LogP contribution < -0.4 is 10.2 Å². The Morgan fingerprint density at radius 1 is 1.12 bits per heavy atom. The van der Waals surface area contributed by atoms with Gasteiger partial charge in [-0.15, -0.1) is 11.3 Å². The Morgan fingerprint density at radius 3 is 2.69 bits per heavy atom. The van der Waals surface area contributed by atoms with E-state index in [1.54, 1.807) is 11.3 Å². The number of benzene rings is 1. The second kappa shape index (κ2) is 8.96. The van der Waals surface area contributed by atoms with E-state index in [1.807, 2.05) is 6.92 Å². The van der Waals surface area contributed by atoms with Crippen molar-refractivity contribution in [1.29, 1.82) is 0 Å². The lowest BCUT2D eigenvalue weighted by molar-refractivity contribution is 0.0196. The van der Waals surface area contributed by atoms with Gasteiger partial charge in [-0.2, -0.15) is 0 Å². The van der Waals surface area contributed by atoms with Crippen LogP contribution in [0.4, 0.5) is 11.5 Å². The fourth-order valence-electron chi connectivity index (χ4n) is 4.78. The number of fused-ring (bicyclic) bond motifs is 1. The zero-order valence-corrected chi connectivity index (χ0v) is 19.9. The predicted octanol–water partition coefficient (Wildman–Crippen LogP) is 4.14. The molecule has 170 valence electrons. The van der Waals surface area contributed by atoms with E-state index in [-0.39, 0.29) is 0 Å². The highest BCUT2D eigenvalue weighted by atomic mass is 32.1. The summed E-state index contributed by atoms with van der Waals surface area (Å²) >= 11 is 1.69. The van der Waals surface area contributed by atoms with Gasteiger partial charge in [0.25, 0.3) is 0 Å². The molecule has 2 N–H and O–H groups in total. The molecule has 1 aliphatic heterocycles. The molecule has 2 aromatic heterocycles. The van der Waals surface area contributed by atoms with Crippen LogP contribution in [0.1, 0.15) is 44.0 Å². The summed E-state index contributed by atoms with van der Waals surface area (Å²) < 4.78 is 1.12. The van der Waals surface area contributed by atoms with Crippen molar-refractivity contribution >= 4 is 33.1 Å². The van der Waals surface area contributed by atoms with E-state index in [9.17, 15) is 5.11 Å². The molecule has 1 aliphatic carbocycles. The summed E-state index contributed by atoms with van der Waals surface area (Å²) in [6, 6.07) is 11.3. The quantitative estimate of drug-likeness (QED) is 0.608. The van der Waals surface area contributed by atoms with Crippen LogP contribution in [-0.4, -0.2) is 64.8 Å². The van der Waals surface area contributed by atoms with E-state index >= 15 is 0 Å². The van der Waals surface area contributed by atoms with E-state index in [4.69, 9.17) is 9.97 Å². The maximum absolute atomic E-state index is 10.3. The van der Waals surface area contributed by atoms with Crippen molar-refractivity contribution in [3.8, 4) is 0 Å². The molecule has 32 heavy (non-hydrogen) atoms. The monoisotopic (exact) mass is 451 g/mol. The Balaban J connectivity index is 1.34. The first-order valence-electron chi connectivity index (χ1n) is 11.7. The number of thiophene rings is 1. The Kier molecular flexibility index (Phi) is 6.05. The third-order valence-electron chi connectivity index (χ3n) is 6.89. The van der Waals surface area contributed by atoms with Gasteiger partial charge in [0, 0.05) is 44.3 Å². The molecule has 1 aromatic carbocycles. The van der Waals surface area contributed by atoms with Gasteiger partial charge in [0.15, 0.2) is 0 Å². The van der Waals surface area contributed by atoms with Crippen molar-refractivity contribution in [2.75, 3.05) is 43.4 Å². The molecule has 0 bridgehead atoms. The molecule has 2 fully saturated rings. The minimum Gasteiger partial charge on any atom is -0.390 e. The van der Waals surface area contributed by atoms with Crippen LogP contribution >= 0.6 is 11.3 Å². The lowest BCUT2D eigenvalue weighted by Gasteiger charge is -2.34. The lowest BCUT2D eigenvalue weighted by Crippen LogP contribution is -2.44. The van der Waals surface area contributed by atoms with Crippen molar-refractivity contribution < 1.29 is 5.11 Å². The van der Waals surface area contributed by atoms with Crippen LogP contribution in [0.3, 0.4) is 0 Å². The number of nitrogens with one attached hydrogen (secondary N) is 1. The van der Waals surface area contributed by atoms with Gasteiger partial charge in [-0.3, -0.25) is 0 Å². The van der Waals surface area contributed by atoms with E-state index in [2.05, 4.69) is 57.9 Å². The van der Waals surface area contributed by atoms with Crippen LogP contribution in [0.5, 0.6) is 0 Å². The zero-order chi connectivity index (χ0) is 22.1. The fourth-order valence-corrected chi connectivity index (χ4v) is 5.56. The molecular weight excluding hydrogens is 418 g/mol. The van der Waals surface area contributed by atoms with Crippen LogP contribution in [0, 0.1) is 0 Å². The highest BCUT2D eigenvalue weighted by molar-refractivity contribution is 7.17. The summed E-state index contributed by atoms with van der Waals surface area (Å²) in [5.41, 5.74) is 3.03. The molecule has 0 unspecified atom stereocenters. The second-order valence-corrected chi connectivity index (χ2v) is 10.6. The molecule has 0 amide bonds. The largest absolute Gasteiger partial charge is 0.390 e. The molecule has 0 spiro atoms. The zero-order valence-electron chi connectivity index (χ0n) is 19.0. The van der Waals surface area contributed by atoms with Gasteiger partial charge in [-0.25, -0.2) is 9.97 Å². The summed E-state index contributed by atoms with van der Waals surface area (Å²) in [4.78, 5) is 14.7. The predicted molar refractivity (Wildman–Crippen MR) is 133 cm³/mol. The summed E-state index contributed by atoms with van der Waals surface area (Å²) in [7, 11) is 2.19. The molecule has 1 saturated heterocycles. The highest BCUT2D eigenvalue weighted by Gasteiger charge is 2.29. The van der Waals surface area contributed by atoms with Gasteiger partial charge >= 0.3 is 0 Å². The maximum Gasteiger partial charge on any atom is 0.148 e. The van der Waals surface area contributed by atoms with Gasteiger partial charge < -0.3 is 20.2 Å². The number of piperazine rings is 1. The van der Waals surface area contributed by atoms with E-state index in [1.165, 1.54) is 11.3 Å². The van der Waals surface area contributed by atoms with Gasteiger partial charge in [-0.1, -0.05) is 12.1 Å². The summed E-state index contributed by atoms with van der Waals surface area (Å²) in [6.07, 6.45) is 4.31. The number of hydrogen-bond acceptors (Lipinski definition) is 7. The van der Waals surface area contributed by atoms with Gasteiger partial charge in [0.2, 0.25) is 0 Å². The third kappa shape index (κ3) is 4.90. The van der Waals surface area contributed by atoms with E-state index in [0.717, 1.165) is 80.1 Å². The number of rotatable bonds is 5. The van der Waals surface area contributed by atoms with Crippen LogP contribution in [-0.2, 0) is 6.42 Å². The number of aliphatic hydroxyl groups is 1. The Hall–Kier alpha value is -2.22. The molecule has 6 nitrogen and oxygen atoms in total. The third-order valence-corrected chi connectivity index (χ3v) is 7.81. The smallest absolute Gasteiger partial charge is 0.148 e. The number of likely N-dealkylation sites (N-methyl/N-ethyl adjacent to an activating group) is 1. The van der Waals surface area contributed by atoms with Crippen LogP contribution in [0.15, 0.2) is 35.7 Å². The summed E-state index contributed by atoms with van der Waals surface area (Å²) in [5, 5.41) is 16.0. The number of hydrogen-bond donors (Lipinski definition) is 2. The van der Waals surface area contributed by atoms with Crippen molar-refractivity contribution in [3.05, 3.63) is 47.1 Å². The molecular formula is C25H33N5OS. The van der Waals surface area contributed by atoms with Crippen LogP contribution in [0.25, 0.3) is 10.2 Å². The topological polar surface area (TPSA) is 64.5 Å². The Bertz CT molecular complexity index is 1060. The number of aromatic nitrogens is 2. The molecule has 0 radical (unpaired) electrons. The minimum atomic E-state index is -0.526. The first-order chi connectivity index (χ1) is 15.4. The second-order valence-electron chi connectivity index (χ2n) is 9.68. The van der Waals surface area contributed by atoms with E-state index < -0.39 is 5.60 Å². The Morgan fingerprint density at radius 2 is 1.91 bits per heavy atom. The maximum atomic E-state index is 10.3. The standard InChI is InChI=1S/C25H33N5OS/c1-25(31)9-6-19(7-10-25)26-24-23-21(8-15-32-23)27-22(28-24)17-18-4-3-5-20(16-18)30-13-11-29(2)12-14-30/h3-5,8,15-16,19,31H,6-7,9-14,17H2,1-2H3,(H,26,27,28). The Labute approximate surface area is 194 Å². The molecule has 7 heteroatoms. The normalized spacial score (nSPS) is 24.7. The molecule has 1 saturated carbocycles. The van der Waals surface area contributed by atoms with Crippen molar-refractivity contribution in [1.82, 2.24) is 14.9 Å². The first kappa shape index (κ1) is 21.6. The minimum absolute atomic E-state index is 0.351. The van der Waals surface area contributed by atoms with Gasteiger partial charge in [0.1, 0.15) is 11.6 Å². The first-order valence-corrected chi connectivity index (χ1v) is 12.6. The highest BCUT2D eigenvalue weighted by Crippen LogP contribution is 2.32. The van der Waals surface area contributed by atoms with Crippen molar-refractivity contribution in [3.63, 3.8) is 0 Å². The van der Waals surface area contributed by atoms with Gasteiger partial charge in [-0.05, 0) is 68.8 Å². The molecule has 3 aromatic rings. The average molecular weight is 452 g/mol. The molecule has 5 rings (SSSR count). The SMILES string of the molecule is CN1CCN(c2cccc(Cc3nc(NC4CCC(C)(O)CC4)c4sccc4n3)c2)CC1. The van der Waals surface area contributed by atoms with Crippen molar-refractivity contribution in [2.45, 2.75) is 50.7 Å². The molecule has 2 aliphatic rings. The lowest BCUT2D eigenvalue weighted by atomic mass is 9.84. The molecule has 0 atom stereocenters. The van der Waals surface area contributed by atoms with Crippen LogP contribution in [0.2, 0.25) is 0 Å². The van der Waals surface area contributed by atoms with Gasteiger partial charge in [0.05, 0.1) is 15.8 Å². The summed E-state index contributed by atoms with van der Waals surface area (Å²) in [5.74, 6) is 1.80. The summed E-state index contributed by atoms with van der Waals surface area (Å²) in [6.45, 7) is 6.29. The average Bonchev–Trinajstić information content (AvgIpc) is 3.25. The van der Waals surface area contributed by atoms with Crippen molar-refractivity contribution in [2.24, 2.45) is 0 Å². The number of nitrogens with zero attached hydrogens (tertiary/aromatic N) is 4.